The van der Waals surface area contributed by atoms with E-state index in [-0.39, 0.29) is 27.9 Å². The molecule has 3 heterocycles. The van der Waals surface area contributed by atoms with Gasteiger partial charge in [-0.1, -0.05) is 23.7 Å². The Bertz CT molecular complexity index is 1890. The lowest BCUT2D eigenvalue weighted by Gasteiger charge is -2.27. The third-order valence-corrected chi connectivity index (χ3v) is 9.13. The molecule has 2 aliphatic heterocycles. The molecule has 1 N–H and O–H groups in total. The highest BCUT2D eigenvalue weighted by Crippen LogP contribution is 2.45. The maximum Gasteiger partial charge on any atom is 0.435 e. The summed E-state index contributed by atoms with van der Waals surface area (Å²) < 4.78 is 98.3. The zero-order valence-electron chi connectivity index (χ0n) is 22.9. The second-order valence-corrected chi connectivity index (χ2v) is 12.6. The number of carbonyl (C=O) groups excluding carboxylic acids is 1. The number of hydrogen-bond donors (Lipinski definition) is 1. The van der Waals surface area contributed by atoms with Crippen LogP contribution in [0.4, 0.5) is 44.7 Å². The van der Waals surface area contributed by atoms with Crippen molar-refractivity contribution in [1.29, 1.82) is 0 Å². The first kappa shape index (κ1) is 29.9. The number of nitrogens with zero attached hydrogens (tertiary/aromatic N) is 4. The van der Waals surface area contributed by atoms with E-state index in [4.69, 9.17) is 11.6 Å². The number of benzene rings is 3. The fourth-order valence-corrected chi connectivity index (χ4v) is 6.88. The maximum absolute atomic E-state index is 14.4. The van der Waals surface area contributed by atoms with E-state index in [0.29, 0.717) is 54.1 Å². The average molecular weight is 652 g/mol. The lowest BCUT2D eigenvalue weighted by molar-refractivity contribution is -0.141. The average Bonchev–Trinajstić information content (AvgIpc) is 3.68. The highest BCUT2D eigenvalue weighted by atomic mass is 35.5. The molecule has 3 aromatic carbocycles. The molecule has 0 unspecified atom stereocenters. The number of halogens is 6. The molecule has 0 aliphatic carbocycles. The van der Waals surface area contributed by atoms with Crippen LogP contribution < -0.4 is 14.5 Å². The van der Waals surface area contributed by atoms with Gasteiger partial charge in [-0.2, -0.15) is 18.3 Å². The molecule has 1 amide bonds. The number of amides is 1. The summed E-state index contributed by atoms with van der Waals surface area (Å²) in [6, 6.07) is 12.0. The first-order valence-electron chi connectivity index (χ1n) is 13.4. The van der Waals surface area contributed by atoms with E-state index in [9.17, 15) is 35.2 Å². The Morgan fingerprint density at radius 1 is 0.932 bits per heavy atom. The number of aryl methyl sites for hydroxylation is 1. The quantitative estimate of drug-likeness (QED) is 0.236. The van der Waals surface area contributed by atoms with Gasteiger partial charge < -0.3 is 9.80 Å². The topological polar surface area (TPSA) is 87.5 Å². The van der Waals surface area contributed by atoms with Gasteiger partial charge in [0.25, 0.3) is 10.0 Å². The van der Waals surface area contributed by atoms with Crippen molar-refractivity contribution in [3.63, 3.8) is 0 Å². The summed E-state index contributed by atoms with van der Waals surface area (Å²) in [5.74, 6) is -2.58. The van der Waals surface area contributed by atoms with E-state index in [1.807, 2.05) is 9.62 Å². The summed E-state index contributed by atoms with van der Waals surface area (Å²) in [5.41, 5.74) is 1.05. The lowest BCUT2D eigenvalue weighted by atomic mass is 10.1. The van der Waals surface area contributed by atoms with Crippen molar-refractivity contribution in [2.24, 2.45) is 7.05 Å². The van der Waals surface area contributed by atoms with Gasteiger partial charge in [0.05, 0.1) is 22.0 Å². The predicted octanol–water partition coefficient (Wildman–Crippen LogP) is 6.66. The molecule has 44 heavy (non-hydrogen) atoms. The number of hydrogen-bond acceptors (Lipinski definition) is 5. The molecule has 0 spiro atoms. The van der Waals surface area contributed by atoms with Gasteiger partial charge in [0, 0.05) is 37.3 Å². The number of fused-ring (bicyclic) bond motifs is 1. The van der Waals surface area contributed by atoms with Crippen molar-refractivity contribution in [3.05, 3.63) is 82.5 Å². The van der Waals surface area contributed by atoms with E-state index < -0.39 is 39.2 Å². The zero-order valence-corrected chi connectivity index (χ0v) is 24.5. The Hall–Kier alpha value is -4.17. The molecule has 6 rings (SSSR count). The van der Waals surface area contributed by atoms with Crippen LogP contribution in [0.2, 0.25) is 5.02 Å². The van der Waals surface area contributed by atoms with Crippen LogP contribution in [-0.2, 0) is 34.5 Å². The van der Waals surface area contributed by atoms with Crippen LogP contribution in [-0.4, -0.2) is 37.2 Å². The van der Waals surface area contributed by atoms with Gasteiger partial charge in [0.1, 0.15) is 5.69 Å². The Labute approximate surface area is 253 Å². The summed E-state index contributed by atoms with van der Waals surface area (Å²) in [4.78, 5) is 15.9. The smallest absolute Gasteiger partial charge is 0.339 e. The van der Waals surface area contributed by atoms with Gasteiger partial charge in [-0.15, -0.1) is 0 Å². The summed E-state index contributed by atoms with van der Waals surface area (Å²) >= 11 is 5.67. The number of rotatable bonds is 6. The van der Waals surface area contributed by atoms with Crippen molar-refractivity contribution < 1.29 is 35.2 Å². The van der Waals surface area contributed by atoms with Crippen LogP contribution in [0, 0.1) is 11.6 Å². The van der Waals surface area contributed by atoms with Crippen LogP contribution in [0.5, 0.6) is 0 Å². The second kappa shape index (κ2) is 10.8. The van der Waals surface area contributed by atoms with Crippen LogP contribution in [0.25, 0.3) is 11.3 Å². The van der Waals surface area contributed by atoms with Gasteiger partial charge in [-0.3, -0.25) is 14.2 Å². The lowest BCUT2D eigenvalue weighted by Crippen LogP contribution is -2.27. The first-order chi connectivity index (χ1) is 20.7. The molecule has 1 fully saturated rings. The van der Waals surface area contributed by atoms with Gasteiger partial charge in [0.15, 0.2) is 17.3 Å². The number of nitrogens with one attached hydrogen (secondary N) is 1. The number of sulfonamides is 1. The van der Waals surface area contributed by atoms with E-state index in [1.165, 1.54) is 24.1 Å². The standard InChI is InChI=1S/C29H23ClF5N5O3S/c1-38-23(15-25(36-38)29(33,34)35)16-4-6-19(7-5-16)39-10-8-17-11-20(14-24(28(17)39)40-9-2-3-26(40)41)44(42,43)37-27-21(31)12-18(30)13-22(27)32/h4-7,11-15,37H,2-3,8-10H2,1H3. The molecule has 2 aliphatic rings. The summed E-state index contributed by atoms with van der Waals surface area (Å²) in [6.45, 7) is 0.752. The van der Waals surface area contributed by atoms with Gasteiger partial charge in [-0.25, -0.2) is 17.2 Å². The third-order valence-electron chi connectivity index (χ3n) is 7.58. The molecule has 0 saturated carbocycles. The highest BCUT2D eigenvalue weighted by molar-refractivity contribution is 7.92. The molecule has 8 nitrogen and oxygen atoms in total. The van der Waals surface area contributed by atoms with E-state index in [2.05, 4.69) is 5.10 Å². The van der Waals surface area contributed by atoms with Crippen LogP contribution in [0.15, 0.2) is 59.5 Å². The fourth-order valence-electron chi connectivity index (χ4n) is 5.54. The van der Waals surface area contributed by atoms with Gasteiger partial charge in [-0.05, 0) is 66.4 Å². The molecular formula is C29H23ClF5N5O3S. The number of carbonyl (C=O) groups is 1. The fraction of sp³-hybridized carbons (Fsp3) is 0.241. The predicted molar refractivity (Wildman–Crippen MR) is 155 cm³/mol. The van der Waals surface area contributed by atoms with Crippen LogP contribution in [0.1, 0.15) is 24.1 Å². The van der Waals surface area contributed by atoms with E-state index in [0.717, 1.165) is 22.9 Å². The summed E-state index contributed by atoms with van der Waals surface area (Å²) in [7, 11) is -3.09. The third kappa shape index (κ3) is 5.36. The molecule has 1 saturated heterocycles. The molecule has 0 bridgehead atoms. The minimum absolute atomic E-state index is 0.205. The highest BCUT2D eigenvalue weighted by Gasteiger charge is 2.36. The SMILES string of the molecule is Cn1nc(C(F)(F)F)cc1-c1ccc(N2CCc3cc(S(=O)(=O)Nc4c(F)cc(Cl)cc4F)cc(N4CCCC4=O)c32)cc1. The minimum Gasteiger partial charge on any atom is -0.339 e. The Morgan fingerprint density at radius 3 is 2.20 bits per heavy atom. The minimum atomic E-state index is -4.59. The molecule has 15 heteroatoms. The molecule has 230 valence electrons. The van der Waals surface area contributed by atoms with Gasteiger partial charge >= 0.3 is 6.18 Å². The largest absolute Gasteiger partial charge is 0.435 e. The monoisotopic (exact) mass is 651 g/mol. The summed E-state index contributed by atoms with van der Waals surface area (Å²) in [5, 5.41) is 3.32. The second-order valence-electron chi connectivity index (χ2n) is 10.4. The van der Waals surface area contributed by atoms with Crippen molar-refractivity contribution >= 4 is 50.3 Å². The number of alkyl halides is 3. The first-order valence-corrected chi connectivity index (χ1v) is 15.2. The molecular weight excluding hydrogens is 629 g/mol. The van der Waals surface area contributed by atoms with E-state index >= 15 is 0 Å². The number of anilines is 4. The van der Waals surface area contributed by atoms with Crippen molar-refractivity contribution in [2.45, 2.75) is 30.3 Å². The Morgan fingerprint density at radius 2 is 1.61 bits per heavy atom. The van der Waals surface area contributed by atoms with Gasteiger partial charge in [0.2, 0.25) is 5.91 Å². The molecule has 1 aromatic heterocycles. The van der Waals surface area contributed by atoms with Crippen LogP contribution >= 0.6 is 11.6 Å². The van der Waals surface area contributed by atoms with E-state index in [1.54, 1.807) is 24.3 Å². The zero-order chi connectivity index (χ0) is 31.6. The normalized spacial score (nSPS) is 15.3. The molecule has 0 radical (unpaired) electrons. The van der Waals surface area contributed by atoms with Crippen LogP contribution in [0.3, 0.4) is 0 Å². The van der Waals surface area contributed by atoms with Crippen molar-refractivity contribution in [2.75, 3.05) is 27.6 Å². The van der Waals surface area contributed by atoms with Crippen molar-refractivity contribution in [3.8, 4) is 11.3 Å². The molecule has 0 atom stereocenters. The molecule has 4 aromatic rings. The Balaban J connectivity index is 1.38. The van der Waals surface area contributed by atoms with Crippen molar-refractivity contribution in [1.82, 2.24) is 9.78 Å². The Kier molecular flexibility index (Phi) is 7.31. The maximum atomic E-state index is 14.4. The number of aromatic nitrogens is 2. The summed E-state index contributed by atoms with van der Waals surface area (Å²) in [6.07, 6.45) is -3.37.